The molecule has 176 valence electrons. The molecule has 0 spiro atoms. The third-order valence-corrected chi connectivity index (χ3v) is 5.85. The number of carbonyl (C=O) groups is 2. The highest BCUT2D eigenvalue weighted by Gasteiger charge is 2.28. The van der Waals surface area contributed by atoms with Crippen molar-refractivity contribution in [1.29, 1.82) is 0 Å². The molecule has 1 heterocycles. The van der Waals surface area contributed by atoms with Gasteiger partial charge in [0, 0.05) is 37.6 Å². The van der Waals surface area contributed by atoms with Gasteiger partial charge in [0.2, 0.25) is 11.8 Å². The summed E-state index contributed by atoms with van der Waals surface area (Å²) in [6.07, 6.45) is 0.179. The number of rotatable bonds is 8. The number of ether oxygens (including phenoxy) is 1. The second-order valence-corrected chi connectivity index (χ2v) is 8.87. The Balaban J connectivity index is 2.00. The molecule has 2 atom stereocenters. The van der Waals surface area contributed by atoms with E-state index in [1.54, 1.807) is 17.0 Å². The molecule has 2 amide bonds. The molecule has 5 N–H and O–H groups in total. The van der Waals surface area contributed by atoms with E-state index in [9.17, 15) is 9.59 Å². The third-order valence-electron chi connectivity index (χ3n) is 5.53. The number of hydrogen-bond donors (Lipinski definition) is 3. The first-order valence-electron chi connectivity index (χ1n) is 10.9. The van der Waals surface area contributed by atoms with Crippen molar-refractivity contribution in [3.05, 3.63) is 65.2 Å². The van der Waals surface area contributed by atoms with E-state index in [0.29, 0.717) is 36.8 Å². The fourth-order valence-corrected chi connectivity index (χ4v) is 3.94. The van der Waals surface area contributed by atoms with Crippen molar-refractivity contribution in [3.8, 4) is 0 Å². The van der Waals surface area contributed by atoms with Crippen LogP contribution in [0.25, 0.3) is 11.4 Å². The Bertz CT molecular complexity index is 1040. The molecule has 9 heteroatoms. The van der Waals surface area contributed by atoms with Crippen LogP contribution in [0.3, 0.4) is 0 Å². The molecule has 0 aromatic heterocycles. The van der Waals surface area contributed by atoms with Gasteiger partial charge in [-0.25, -0.2) is 5.84 Å². The predicted molar refractivity (Wildman–Crippen MR) is 134 cm³/mol. The molecule has 2 unspecified atom stereocenters. The van der Waals surface area contributed by atoms with E-state index in [0.717, 1.165) is 16.7 Å². The minimum Gasteiger partial charge on any atom is -0.396 e. The summed E-state index contributed by atoms with van der Waals surface area (Å²) in [5.74, 6) is 6.04. The van der Waals surface area contributed by atoms with Gasteiger partial charge in [0.25, 0.3) is 0 Å². The molecule has 1 aliphatic heterocycles. The van der Waals surface area contributed by atoms with Crippen molar-refractivity contribution >= 4 is 38.1 Å². The molecular formula is C24H32N5O3P. The largest absolute Gasteiger partial charge is 0.396 e. The number of hydrogen-bond acceptors (Lipinski definition) is 6. The summed E-state index contributed by atoms with van der Waals surface area (Å²) < 4.78 is 4.94. The monoisotopic (exact) mass is 469 g/mol. The minimum atomic E-state index is -0.184. The zero-order valence-electron chi connectivity index (χ0n) is 19.1. The van der Waals surface area contributed by atoms with Gasteiger partial charge in [0.05, 0.1) is 36.0 Å². The molecule has 2 aromatic carbocycles. The number of amides is 2. The molecule has 0 radical (unpaired) electrons. The molecule has 0 aliphatic carbocycles. The molecule has 2 aromatic rings. The maximum absolute atomic E-state index is 13.3. The van der Waals surface area contributed by atoms with E-state index in [-0.39, 0.29) is 30.4 Å². The van der Waals surface area contributed by atoms with E-state index in [4.69, 9.17) is 16.3 Å². The highest BCUT2D eigenvalue weighted by atomic mass is 31.0. The van der Waals surface area contributed by atoms with Crippen LogP contribution in [0.15, 0.2) is 48.5 Å². The third kappa shape index (κ3) is 5.71. The molecule has 3 rings (SSSR count). The first-order chi connectivity index (χ1) is 15.8. The summed E-state index contributed by atoms with van der Waals surface area (Å²) in [6.45, 7) is 3.15. The fourth-order valence-electron chi connectivity index (χ4n) is 3.79. The lowest BCUT2D eigenvalue weighted by atomic mass is 9.95. The quantitative estimate of drug-likeness (QED) is 0.237. The lowest BCUT2D eigenvalue weighted by molar-refractivity contribution is -0.125. The van der Waals surface area contributed by atoms with Crippen LogP contribution >= 0.6 is 9.24 Å². The second-order valence-electron chi connectivity index (χ2n) is 7.91. The number of nitrogens with one attached hydrogen (secondary N) is 1. The molecule has 0 bridgehead atoms. The predicted octanol–water partition coefficient (Wildman–Crippen LogP) is 2.26. The fraction of sp³-hybridized carbons (Fsp3) is 0.333. The number of fused-ring (bicyclic) bond motifs is 2. The van der Waals surface area contributed by atoms with Gasteiger partial charge in [-0.1, -0.05) is 42.5 Å². The topological polar surface area (TPSA) is 114 Å². The minimum absolute atomic E-state index is 0.0625. The van der Waals surface area contributed by atoms with Crippen LogP contribution in [-0.4, -0.2) is 42.9 Å². The van der Waals surface area contributed by atoms with E-state index in [2.05, 4.69) is 14.6 Å². The maximum atomic E-state index is 13.3. The van der Waals surface area contributed by atoms with Gasteiger partial charge >= 0.3 is 0 Å². The van der Waals surface area contributed by atoms with Gasteiger partial charge in [-0.2, -0.15) is 0 Å². The number of methoxy groups -OCH3 is 1. The molecule has 0 fully saturated rings. The lowest BCUT2D eigenvalue weighted by Crippen LogP contribution is -2.38. The van der Waals surface area contributed by atoms with Crippen LogP contribution in [-0.2, 0) is 20.9 Å². The summed E-state index contributed by atoms with van der Waals surface area (Å²) in [7, 11) is 4.25. The zero-order valence-corrected chi connectivity index (χ0v) is 20.2. The van der Waals surface area contributed by atoms with Gasteiger partial charge in [-0.3, -0.25) is 9.59 Å². The van der Waals surface area contributed by atoms with E-state index < -0.39 is 0 Å². The number of hydrazine groups is 1. The number of nitrogens with zero attached hydrogens (tertiary/aromatic N) is 2. The molecule has 0 saturated heterocycles. The van der Waals surface area contributed by atoms with Crippen molar-refractivity contribution in [2.45, 2.75) is 32.1 Å². The average Bonchev–Trinajstić information content (AvgIpc) is 2.81. The number of carbonyl (C=O) groups excluding carboxylic acids is 2. The van der Waals surface area contributed by atoms with Gasteiger partial charge in [-0.05, 0) is 18.6 Å². The summed E-state index contributed by atoms with van der Waals surface area (Å²) in [5.41, 5.74) is 11.1. The Hall–Kier alpha value is -2.93. The van der Waals surface area contributed by atoms with Crippen LogP contribution in [0.2, 0.25) is 0 Å². The van der Waals surface area contributed by atoms with Crippen molar-refractivity contribution in [1.82, 2.24) is 10.3 Å². The van der Waals surface area contributed by atoms with Crippen LogP contribution in [0.1, 0.15) is 36.5 Å². The van der Waals surface area contributed by atoms with E-state index in [1.165, 1.54) is 0 Å². The number of anilines is 1. The van der Waals surface area contributed by atoms with Gasteiger partial charge in [-0.15, -0.1) is 9.24 Å². The number of nitrogens with two attached hydrogens (primary N) is 2. The smallest absolute Gasteiger partial charge is 0.227 e. The summed E-state index contributed by atoms with van der Waals surface area (Å²) in [6, 6.07) is 15.3. The van der Waals surface area contributed by atoms with Gasteiger partial charge < -0.3 is 25.7 Å². The average molecular weight is 470 g/mol. The standard InChI is InChI=1S/C24H32N5O3P/c1-16(33)29(26)24-18-8-4-3-7-17(18)15-28(20-10-6-5-9-19(20)23(24)25)22(31)12-11-21(30)27-13-14-32-2/h3-10,16H,11-15,25-26,33H2,1-2H3,(H,27,30)/b24-23-. The normalized spacial score (nSPS) is 16.2. The second kappa shape index (κ2) is 11.3. The Morgan fingerprint density at radius 1 is 1.15 bits per heavy atom. The summed E-state index contributed by atoms with van der Waals surface area (Å²) in [4.78, 5) is 27.1. The Kier molecular flexibility index (Phi) is 8.44. The van der Waals surface area contributed by atoms with Gasteiger partial charge in [0.15, 0.2) is 0 Å². The lowest BCUT2D eigenvalue weighted by Gasteiger charge is -2.34. The highest BCUT2D eigenvalue weighted by molar-refractivity contribution is 7.17. The first kappa shape index (κ1) is 24.7. The van der Waals surface area contributed by atoms with Crippen molar-refractivity contribution in [2.24, 2.45) is 11.6 Å². The van der Waals surface area contributed by atoms with Crippen LogP contribution in [0.5, 0.6) is 0 Å². The van der Waals surface area contributed by atoms with E-state index >= 15 is 0 Å². The first-order valence-corrected chi connectivity index (χ1v) is 11.5. The molecule has 8 nitrogen and oxygen atoms in total. The molecule has 1 aliphatic rings. The van der Waals surface area contributed by atoms with Crippen molar-refractivity contribution < 1.29 is 14.3 Å². The SMILES string of the molecule is COCCNC(=O)CCC(=O)N1Cc2ccccc2/C(N(N)C(C)P)=C(/N)c2ccccc21. The molecular weight excluding hydrogens is 437 g/mol. The zero-order chi connectivity index (χ0) is 24.0. The summed E-state index contributed by atoms with van der Waals surface area (Å²) in [5, 5.41) is 4.39. The number of benzene rings is 2. The van der Waals surface area contributed by atoms with Gasteiger partial charge in [0.1, 0.15) is 0 Å². The molecule has 33 heavy (non-hydrogen) atoms. The molecule has 0 saturated carbocycles. The number of para-hydroxylation sites is 1. The Morgan fingerprint density at radius 3 is 2.52 bits per heavy atom. The maximum Gasteiger partial charge on any atom is 0.227 e. The highest BCUT2D eigenvalue weighted by Crippen LogP contribution is 2.37. The van der Waals surface area contributed by atoms with E-state index in [1.807, 2.05) is 55.5 Å². The van der Waals surface area contributed by atoms with Crippen LogP contribution in [0, 0.1) is 0 Å². The van der Waals surface area contributed by atoms with Crippen LogP contribution in [0.4, 0.5) is 5.69 Å². The Morgan fingerprint density at radius 2 is 1.82 bits per heavy atom. The van der Waals surface area contributed by atoms with Crippen molar-refractivity contribution in [2.75, 3.05) is 25.2 Å². The van der Waals surface area contributed by atoms with Crippen molar-refractivity contribution in [3.63, 3.8) is 0 Å². The summed E-state index contributed by atoms with van der Waals surface area (Å²) >= 11 is 0. The Labute approximate surface area is 197 Å². The van der Waals surface area contributed by atoms with Crippen LogP contribution < -0.4 is 21.8 Å².